The molecule has 1 N–H and O–H groups in total. The van der Waals surface area contributed by atoms with Gasteiger partial charge in [0.1, 0.15) is 17.0 Å². The van der Waals surface area contributed by atoms with Crippen LogP contribution in [0.25, 0.3) is 0 Å². The van der Waals surface area contributed by atoms with Crippen molar-refractivity contribution in [3.8, 4) is 11.5 Å². The number of anilines is 1. The summed E-state index contributed by atoms with van der Waals surface area (Å²) in [6.07, 6.45) is 4.52. The van der Waals surface area contributed by atoms with Gasteiger partial charge < -0.3 is 14.4 Å². The molecule has 156 valence electrons. The standard InChI is InChI=1S/C20H27N5O3S/c1-27-17-8-5-14(18(10-17)28-2)11-25(15-6-7-15)16-4-3-9-24(12-16)20(26)22-19-23-21-13-29-19/h5,8,10,13,15-16H,3-4,6-7,9,11-12H2,1-2H3,(H,22,23,26). The first-order valence-corrected chi connectivity index (χ1v) is 10.8. The lowest BCUT2D eigenvalue weighted by molar-refractivity contribution is 0.100. The molecule has 0 radical (unpaired) electrons. The third kappa shape index (κ3) is 4.79. The van der Waals surface area contributed by atoms with Crippen LogP contribution >= 0.6 is 11.3 Å². The number of rotatable bonds is 7. The summed E-state index contributed by atoms with van der Waals surface area (Å²) < 4.78 is 10.9. The minimum absolute atomic E-state index is 0.0933. The molecule has 1 atom stereocenters. The zero-order valence-electron chi connectivity index (χ0n) is 16.8. The van der Waals surface area contributed by atoms with Gasteiger partial charge in [-0.25, -0.2) is 4.79 Å². The van der Waals surface area contributed by atoms with Crippen molar-refractivity contribution >= 4 is 22.5 Å². The van der Waals surface area contributed by atoms with Gasteiger partial charge in [0.2, 0.25) is 5.13 Å². The Morgan fingerprint density at radius 1 is 1.28 bits per heavy atom. The van der Waals surface area contributed by atoms with E-state index in [0.29, 0.717) is 17.2 Å². The minimum atomic E-state index is -0.0933. The van der Waals surface area contributed by atoms with Crippen molar-refractivity contribution in [3.05, 3.63) is 29.3 Å². The van der Waals surface area contributed by atoms with Gasteiger partial charge in [-0.2, -0.15) is 0 Å². The Morgan fingerprint density at radius 2 is 2.14 bits per heavy atom. The number of methoxy groups -OCH3 is 2. The highest BCUT2D eigenvalue weighted by Crippen LogP contribution is 2.35. The molecule has 2 fully saturated rings. The summed E-state index contributed by atoms with van der Waals surface area (Å²) in [5.74, 6) is 1.64. The number of piperidine rings is 1. The maximum atomic E-state index is 12.6. The van der Waals surface area contributed by atoms with Gasteiger partial charge in [0, 0.05) is 43.3 Å². The molecule has 8 nitrogen and oxygen atoms in total. The highest BCUT2D eigenvalue weighted by atomic mass is 32.1. The van der Waals surface area contributed by atoms with E-state index in [1.807, 2.05) is 17.0 Å². The molecule has 2 aliphatic rings. The van der Waals surface area contributed by atoms with Gasteiger partial charge in [0.25, 0.3) is 0 Å². The van der Waals surface area contributed by atoms with E-state index in [4.69, 9.17) is 9.47 Å². The normalized spacial score (nSPS) is 19.3. The Morgan fingerprint density at radius 3 is 2.83 bits per heavy atom. The van der Waals surface area contributed by atoms with Crippen molar-refractivity contribution in [2.45, 2.75) is 44.3 Å². The molecule has 9 heteroatoms. The molecule has 2 amide bonds. The van der Waals surface area contributed by atoms with Crippen molar-refractivity contribution < 1.29 is 14.3 Å². The molecule has 2 aromatic rings. The average Bonchev–Trinajstić information content (AvgIpc) is 3.47. The van der Waals surface area contributed by atoms with Gasteiger partial charge in [-0.05, 0) is 31.7 Å². The number of hydrogen-bond acceptors (Lipinski definition) is 7. The summed E-state index contributed by atoms with van der Waals surface area (Å²) in [6, 6.07) is 6.82. The van der Waals surface area contributed by atoms with Gasteiger partial charge in [-0.15, -0.1) is 10.2 Å². The highest BCUT2D eigenvalue weighted by molar-refractivity contribution is 7.13. The van der Waals surface area contributed by atoms with Crippen LogP contribution in [-0.4, -0.2) is 65.4 Å². The summed E-state index contributed by atoms with van der Waals surface area (Å²) in [6.45, 7) is 2.31. The van der Waals surface area contributed by atoms with Crippen LogP contribution in [-0.2, 0) is 6.54 Å². The molecule has 1 aliphatic carbocycles. The molecule has 1 aromatic heterocycles. The fraction of sp³-hybridized carbons (Fsp3) is 0.550. The van der Waals surface area contributed by atoms with Gasteiger partial charge in [0.15, 0.2) is 0 Å². The summed E-state index contributed by atoms with van der Waals surface area (Å²) in [5.41, 5.74) is 2.77. The van der Waals surface area contributed by atoms with Crippen molar-refractivity contribution in [2.75, 3.05) is 32.6 Å². The molecule has 1 saturated carbocycles. The number of nitrogens with one attached hydrogen (secondary N) is 1. The third-order valence-corrected chi connectivity index (χ3v) is 6.20. The van der Waals surface area contributed by atoms with Crippen LogP contribution in [0.5, 0.6) is 11.5 Å². The van der Waals surface area contributed by atoms with Crippen LogP contribution in [0.3, 0.4) is 0 Å². The number of hydrogen-bond donors (Lipinski definition) is 1. The minimum Gasteiger partial charge on any atom is -0.497 e. The van der Waals surface area contributed by atoms with E-state index in [1.165, 1.54) is 24.2 Å². The van der Waals surface area contributed by atoms with E-state index in [0.717, 1.165) is 49.5 Å². The second-order valence-electron chi connectivity index (χ2n) is 7.50. The SMILES string of the molecule is COc1ccc(CN(C2CC2)C2CCCN(C(=O)Nc3nncs3)C2)c(OC)c1. The number of urea groups is 1. The van der Waals surface area contributed by atoms with E-state index in [9.17, 15) is 4.79 Å². The largest absolute Gasteiger partial charge is 0.497 e. The first-order chi connectivity index (χ1) is 14.2. The Labute approximate surface area is 174 Å². The number of benzene rings is 1. The lowest BCUT2D eigenvalue weighted by Gasteiger charge is -2.39. The van der Waals surface area contributed by atoms with Crippen molar-refractivity contribution in [2.24, 2.45) is 0 Å². The van der Waals surface area contributed by atoms with E-state index >= 15 is 0 Å². The molecular formula is C20H27N5O3S. The monoisotopic (exact) mass is 417 g/mol. The lowest BCUT2D eigenvalue weighted by Crippen LogP contribution is -2.51. The van der Waals surface area contributed by atoms with Crippen LogP contribution in [0, 0.1) is 0 Å². The maximum absolute atomic E-state index is 12.6. The number of amides is 2. The van der Waals surface area contributed by atoms with Crippen LogP contribution in [0.1, 0.15) is 31.2 Å². The fourth-order valence-electron chi connectivity index (χ4n) is 3.95. The molecule has 0 bridgehead atoms. The summed E-state index contributed by atoms with van der Waals surface area (Å²) >= 11 is 1.33. The smallest absolute Gasteiger partial charge is 0.323 e. The molecule has 2 heterocycles. The summed E-state index contributed by atoms with van der Waals surface area (Å²) in [5, 5.41) is 11.1. The zero-order valence-corrected chi connectivity index (χ0v) is 17.7. The van der Waals surface area contributed by atoms with Crippen LogP contribution in [0.2, 0.25) is 0 Å². The molecular weight excluding hydrogens is 390 g/mol. The van der Waals surface area contributed by atoms with E-state index in [1.54, 1.807) is 19.7 Å². The zero-order chi connectivity index (χ0) is 20.2. The topological polar surface area (TPSA) is 79.8 Å². The fourth-order valence-corrected chi connectivity index (χ4v) is 4.38. The highest BCUT2D eigenvalue weighted by Gasteiger charge is 2.37. The van der Waals surface area contributed by atoms with Crippen LogP contribution in [0.15, 0.2) is 23.7 Å². The molecule has 1 aromatic carbocycles. The number of likely N-dealkylation sites (tertiary alicyclic amines) is 1. The molecule has 0 spiro atoms. The van der Waals surface area contributed by atoms with E-state index in [-0.39, 0.29) is 6.03 Å². The number of ether oxygens (including phenoxy) is 2. The predicted octanol–water partition coefficient (Wildman–Crippen LogP) is 3.22. The first-order valence-electron chi connectivity index (χ1n) is 9.96. The Balaban J connectivity index is 1.45. The van der Waals surface area contributed by atoms with Crippen molar-refractivity contribution in [1.29, 1.82) is 0 Å². The summed E-state index contributed by atoms with van der Waals surface area (Å²) in [7, 11) is 3.36. The third-order valence-electron chi connectivity index (χ3n) is 5.59. The number of carbonyl (C=O) groups is 1. The van der Waals surface area contributed by atoms with Crippen LogP contribution in [0.4, 0.5) is 9.93 Å². The Kier molecular flexibility index (Phi) is 6.15. The van der Waals surface area contributed by atoms with Crippen molar-refractivity contribution in [1.82, 2.24) is 20.0 Å². The Hall–Kier alpha value is -2.39. The molecule has 4 rings (SSSR count). The average molecular weight is 418 g/mol. The second kappa shape index (κ2) is 8.96. The van der Waals surface area contributed by atoms with E-state index < -0.39 is 0 Å². The summed E-state index contributed by atoms with van der Waals surface area (Å²) in [4.78, 5) is 17.1. The molecule has 1 saturated heterocycles. The number of carbonyl (C=O) groups excluding carboxylic acids is 1. The van der Waals surface area contributed by atoms with Gasteiger partial charge in [-0.3, -0.25) is 10.2 Å². The predicted molar refractivity (Wildman–Crippen MR) is 112 cm³/mol. The maximum Gasteiger partial charge on any atom is 0.323 e. The lowest BCUT2D eigenvalue weighted by atomic mass is 10.0. The molecule has 29 heavy (non-hydrogen) atoms. The molecule has 1 aliphatic heterocycles. The van der Waals surface area contributed by atoms with Crippen molar-refractivity contribution in [3.63, 3.8) is 0 Å². The van der Waals surface area contributed by atoms with Crippen LogP contribution < -0.4 is 14.8 Å². The second-order valence-corrected chi connectivity index (χ2v) is 8.33. The van der Waals surface area contributed by atoms with E-state index in [2.05, 4.69) is 26.5 Å². The number of aromatic nitrogens is 2. The Bertz CT molecular complexity index is 828. The molecule has 1 unspecified atom stereocenters. The van der Waals surface area contributed by atoms with Gasteiger partial charge in [-0.1, -0.05) is 17.4 Å². The van der Waals surface area contributed by atoms with Gasteiger partial charge in [0.05, 0.1) is 14.2 Å². The van der Waals surface area contributed by atoms with Gasteiger partial charge >= 0.3 is 6.03 Å². The quantitative estimate of drug-likeness (QED) is 0.745. The number of nitrogens with zero attached hydrogens (tertiary/aromatic N) is 4. The first kappa shape index (κ1) is 19.9.